The first-order valence-electron chi connectivity index (χ1n) is 4.82. The predicted octanol–water partition coefficient (Wildman–Crippen LogP) is 0.0279. The van der Waals surface area contributed by atoms with Crippen molar-refractivity contribution in [3.63, 3.8) is 0 Å². The number of ether oxygens (including phenoxy) is 3. The molecule has 0 bridgehead atoms. The Morgan fingerprint density at radius 2 is 2.15 bits per heavy atom. The SMILES string of the molecule is COCCCNCCOC1COC1. The van der Waals surface area contributed by atoms with Gasteiger partial charge in [0, 0.05) is 20.3 Å². The summed E-state index contributed by atoms with van der Waals surface area (Å²) >= 11 is 0. The van der Waals surface area contributed by atoms with Crippen molar-refractivity contribution in [2.45, 2.75) is 12.5 Å². The zero-order valence-electron chi connectivity index (χ0n) is 8.25. The lowest BCUT2D eigenvalue weighted by molar-refractivity contribution is -0.128. The fraction of sp³-hybridized carbons (Fsp3) is 1.00. The van der Waals surface area contributed by atoms with Crippen LogP contribution in [0.5, 0.6) is 0 Å². The maximum atomic E-state index is 5.47. The number of rotatable bonds is 8. The number of methoxy groups -OCH3 is 1. The molecule has 1 N–H and O–H groups in total. The Morgan fingerprint density at radius 1 is 1.31 bits per heavy atom. The molecule has 1 heterocycles. The van der Waals surface area contributed by atoms with E-state index in [9.17, 15) is 0 Å². The summed E-state index contributed by atoms with van der Waals surface area (Å²) < 4.78 is 15.4. The molecule has 4 heteroatoms. The van der Waals surface area contributed by atoms with Crippen LogP contribution in [0.15, 0.2) is 0 Å². The van der Waals surface area contributed by atoms with Crippen LogP contribution in [0.25, 0.3) is 0 Å². The van der Waals surface area contributed by atoms with Gasteiger partial charge in [0.2, 0.25) is 0 Å². The van der Waals surface area contributed by atoms with Crippen LogP contribution in [0.3, 0.4) is 0 Å². The van der Waals surface area contributed by atoms with Crippen molar-refractivity contribution >= 4 is 0 Å². The van der Waals surface area contributed by atoms with E-state index in [4.69, 9.17) is 14.2 Å². The van der Waals surface area contributed by atoms with Crippen LogP contribution >= 0.6 is 0 Å². The van der Waals surface area contributed by atoms with Gasteiger partial charge in [-0.1, -0.05) is 0 Å². The van der Waals surface area contributed by atoms with Gasteiger partial charge in [0.25, 0.3) is 0 Å². The van der Waals surface area contributed by atoms with E-state index >= 15 is 0 Å². The van der Waals surface area contributed by atoms with Crippen LogP contribution in [0.4, 0.5) is 0 Å². The predicted molar refractivity (Wildman–Crippen MR) is 49.9 cm³/mol. The Balaban J connectivity index is 1.68. The van der Waals surface area contributed by atoms with E-state index < -0.39 is 0 Å². The van der Waals surface area contributed by atoms with E-state index in [1.807, 2.05) is 0 Å². The average Bonchev–Trinajstić information content (AvgIpc) is 2.07. The first-order valence-corrected chi connectivity index (χ1v) is 4.82. The van der Waals surface area contributed by atoms with Gasteiger partial charge in [-0.25, -0.2) is 0 Å². The normalized spacial score (nSPS) is 17.3. The molecule has 1 aliphatic heterocycles. The van der Waals surface area contributed by atoms with Crippen LogP contribution in [0.1, 0.15) is 6.42 Å². The van der Waals surface area contributed by atoms with Gasteiger partial charge < -0.3 is 19.5 Å². The van der Waals surface area contributed by atoms with Crippen LogP contribution in [-0.4, -0.2) is 52.7 Å². The first-order chi connectivity index (χ1) is 6.43. The molecule has 78 valence electrons. The fourth-order valence-electron chi connectivity index (χ4n) is 1.07. The summed E-state index contributed by atoms with van der Waals surface area (Å²) in [4.78, 5) is 0. The van der Waals surface area contributed by atoms with Gasteiger partial charge in [-0.3, -0.25) is 0 Å². The molecule has 13 heavy (non-hydrogen) atoms. The Kier molecular flexibility index (Phi) is 6.10. The molecule has 1 aliphatic rings. The molecule has 0 atom stereocenters. The Morgan fingerprint density at radius 3 is 2.77 bits per heavy atom. The topological polar surface area (TPSA) is 39.7 Å². The lowest BCUT2D eigenvalue weighted by atomic mass is 10.3. The smallest absolute Gasteiger partial charge is 0.104 e. The van der Waals surface area contributed by atoms with E-state index in [1.165, 1.54) is 0 Å². The van der Waals surface area contributed by atoms with E-state index in [0.29, 0.717) is 6.10 Å². The molecule has 0 spiro atoms. The second-order valence-corrected chi connectivity index (χ2v) is 3.13. The van der Waals surface area contributed by atoms with E-state index in [0.717, 1.165) is 45.9 Å². The van der Waals surface area contributed by atoms with Crippen molar-refractivity contribution in [2.24, 2.45) is 0 Å². The van der Waals surface area contributed by atoms with Crippen molar-refractivity contribution in [3.8, 4) is 0 Å². The zero-order valence-corrected chi connectivity index (χ0v) is 8.25. The number of hydrogen-bond acceptors (Lipinski definition) is 4. The van der Waals surface area contributed by atoms with Crippen LogP contribution < -0.4 is 5.32 Å². The summed E-state index contributed by atoms with van der Waals surface area (Å²) in [6.45, 7) is 5.05. The van der Waals surface area contributed by atoms with Gasteiger partial charge in [0.15, 0.2) is 0 Å². The third kappa shape index (κ3) is 5.21. The summed E-state index contributed by atoms with van der Waals surface area (Å²) in [5, 5.41) is 3.28. The zero-order chi connectivity index (χ0) is 9.36. The number of hydrogen-bond donors (Lipinski definition) is 1. The monoisotopic (exact) mass is 189 g/mol. The maximum Gasteiger partial charge on any atom is 0.104 e. The van der Waals surface area contributed by atoms with Gasteiger partial charge >= 0.3 is 0 Å². The quantitative estimate of drug-likeness (QED) is 0.547. The second kappa shape index (κ2) is 7.26. The van der Waals surface area contributed by atoms with E-state index in [-0.39, 0.29) is 0 Å². The molecule has 0 radical (unpaired) electrons. The van der Waals surface area contributed by atoms with E-state index in [2.05, 4.69) is 5.32 Å². The summed E-state index contributed by atoms with van der Waals surface area (Å²) in [7, 11) is 1.72. The minimum absolute atomic E-state index is 0.348. The number of nitrogens with one attached hydrogen (secondary N) is 1. The summed E-state index contributed by atoms with van der Waals surface area (Å²) in [5.74, 6) is 0. The molecule has 1 saturated heterocycles. The molecular weight excluding hydrogens is 170 g/mol. The lowest BCUT2D eigenvalue weighted by Gasteiger charge is -2.25. The van der Waals surface area contributed by atoms with Gasteiger partial charge in [-0.05, 0) is 13.0 Å². The molecule has 0 saturated carbocycles. The second-order valence-electron chi connectivity index (χ2n) is 3.13. The molecular formula is C9H19NO3. The minimum atomic E-state index is 0.348. The molecule has 0 amide bonds. The summed E-state index contributed by atoms with van der Waals surface area (Å²) in [6, 6.07) is 0. The molecule has 0 aromatic carbocycles. The van der Waals surface area contributed by atoms with Crippen LogP contribution in [-0.2, 0) is 14.2 Å². The third-order valence-electron chi connectivity index (χ3n) is 1.94. The molecule has 1 fully saturated rings. The van der Waals surface area contributed by atoms with Crippen molar-refractivity contribution in [2.75, 3.05) is 46.6 Å². The van der Waals surface area contributed by atoms with E-state index in [1.54, 1.807) is 7.11 Å². The first kappa shape index (κ1) is 10.9. The fourth-order valence-corrected chi connectivity index (χ4v) is 1.07. The maximum absolute atomic E-state index is 5.47. The summed E-state index contributed by atoms with van der Waals surface area (Å²) in [6.07, 6.45) is 1.41. The third-order valence-corrected chi connectivity index (χ3v) is 1.94. The van der Waals surface area contributed by atoms with Crippen LogP contribution in [0, 0.1) is 0 Å². The van der Waals surface area contributed by atoms with Crippen molar-refractivity contribution in [1.82, 2.24) is 5.32 Å². The summed E-state index contributed by atoms with van der Waals surface area (Å²) in [5.41, 5.74) is 0. The molecule has 4 nitrogen and oxygen atoms in total. The van der Waals surface area contributed by atoms with Gasteiger partial charge in [0.05, 0.1) is 19.8 Å². The molecule has 0 unspecified atom stereocenters. The standard InChI is InChI=1S/C9H19NO3/c1-11-5-2-3-10-4-6-13-9-7-12-8-9/h9-10H,2-8H2,1H3. The van der Waals surface area contributed by atoms with Crippen molar-refractivity contribution in [3.05, 3.63) is 0 Å². The van der Waals surface area contributed by atoms with Crippen molar-refractivity contribution < 1.29 is 14.2 Å². The lowest BCUT2D eigenvalue weighted by Crippen LogP contribution is -2.37. The molecule has 0 aromatic heterocycles. The molecule has 1 rings (SSSR count). The van der Waals surface area contributed by atoms with Crippen LogP contribution in [0.2, 0.25) is 0 Å². The van der Waals surface area contributed by atoms with Crippen molar-refractivity contribution in [1.29, 1.82) is 0 Å². The molecule has 0 aromatic rings. The molecule has 0 aliphatic carbocycles. The average molecular weight is 189 g/mol. The minimum Gasteiger partial charge on any atom is -0.385 e. The van der Waals surface area contributed by atoms with Gasteiger partial charge in [-0.2, -0.15) is 0 Å². The van der Waals surface area contributed by atoms with Gasteiger partial charge in [-0.15, -0.1) is 0 Å². The Labute approximate surface area is 79.5 Å². The van der Waals surface area contributed by atoms with Gasteiger partial charge in [0.1, 0.15) is 6.10 Å². The Hall–Kier alpha value is -0.160. The highest BCUT2D eigenvalue weighted by molar-refractivity contribution is 4.64. The highest BCUT2D eigenvalue weighted by Crippen LogP contribution is 2.03. The largest absolute Gasteiger partial charge is 0.385 e. The highest BCUT2D eigenvalue weighted by Gasteiger charge is 2.17. The highest BCUT2D eigenvalue weighted by atomic mass is 16.6. The Bertz CT molecular complexity index is 117.